The predicted octanol–water partition coefficient (Wildman–Crippen LogP) is 2.92. The van der Waals surface area contributed by atoms with Gasteiger partial charge in [0.25, 0.3) is 0 Å². The van der Waals surface area contributed by atoms with Gasteiger partial charge in [-0.2, -0.15) is 0 Å². The lowest BCUT2D eigenvalue weighted by molar-refractivity contribution is -0.671. The summed E-state index contributed by atoms with van der Waals surface area (Å²) in [6.07, 6.45) is 7.59. The van der Waals surface area contributed by atoms with Crippen LogP contribution in [-0.2, 0) is 18.3 Å². The first-order valence-electron chi connectivity index (χ1n) is 8.08. The number of hydrogen-bond acceptors (Lipinski definition) is 3. The van der Waals surface area contributed by atoms with Crippen LogP contribution in [0.15, 0.2) is 78.3 Å². The van der Waals surface area contributed by atoms with E-state index in [1.54, 1.807) is 18.3 Å². The lowest BCUT2D eigenvalue weighted by atomic mass is 10.1. The number of nitrogens with zero attached hydrogens (tertiary/aromatic N) is 3. The van der Waals surface area contributed by atoms with Crippen molar-refractivity contribution in [1.82, 2.24) is 4.57 Å². The maximum Gasteiger partial charge on any atom is 0.338 e. The lowest BCUT2D eigenvalue weighted by Gasteiger charge is -2.03. The number of imidazole rings is 1. The summed E-state index contributed by atoms with van der Waals surface area (Å²) in [6, 6.07) is 16.9. The molecule has 0 aliphatic carbocycles. The molecule has 0 radical (unpaired) electrons. The smallest absolute Gasteiger partial charge is 0.338 e. The summed E-state index contributed by atoms with van der Waals surface area (Å²) >= 11 is 0. The van der Waals surface area contributed by atoms with Gasteiger partial charge in [0.2, 0.25) is 6.33 Å². The summed E-state index contributed by atoms with van der Waals surface area (Å²) in [5, 5.41) is 0. The van der Waals surface area contributed by atoms with Crippen LogP contribution in [0, 0.1) is 0 Å². The van der Waals surface area contributed by atoms with Gasteiger partial charge in [-0.1, -0.05) is 30.3 Å². The van der Waals surface area contributed by atoms with E-state index in [4.69, 9.17) is 4.74 Å². The van der Waals surface area contributed by atoms with E-state index in [0.717, 1.165) is 11.3 Å². The van der Waals surface area contributed by atoms with E-state index >= 15 is 0 Å². The molecule has 1 heterocycles. The molecule has 0 fully saturated rings. The van der Waals surface area contributed by atoms with Crippen molar-refractivity contribution >= 4 is 17.9 Å². The van der Waals surface area contributed by atoms with Crippen molar-refractivity contribution in [2.75, 3.05) is 6.61 Å². The zero-order valence-electron chi connectivity index (χ0n) is 14.1. The Morgan fingerprint density at radius 2 is 1.92 bits per heavy atom. The van der Waals surface area contributed by atoms with Crippen LogP contribution in [0.5, 0.6) is 0 Å². The summed E-state index contributed by atoms with van der Waals surface area (Å²) in [7, 11) is 1.95. The Hall–Kier alpha value is -3.21. The maximum absolute atomic E-state index is 12.1. The molecular formula is C20H20N3O2+. The number of carbonyl (C=O) groups is 1. The van der Waals surface area contributed by atoms with Gasteiger partial charge in [0, 0.05) is 6.21 Å². The lowest BCUT2D eigenvalue weighted by Crippen LogP contribution is -2.24. The summed E-state index contributed by atoms with van der Waals surface area (Å²) in [5.41, 5.74) is 2.36. The fraction of sp³-hybridized carbons (Fsp3) is 0.150. The van der Waals surface area contributed by atoms with E-state index in [9.17, 15) is 4.79 Å². The molecular weight excluding hydrogens is 314 g/mol. The van der Waals surface area contributed by atoms with E-state index in [-0.39, 0.29) is 5.97 Å². The minimum atomic E-state index is -0.317. The molecule has 25 heavy (non-hydrogen) atoms. The molecule has 0 N–H and O–H groups in total. The Morgan fingerprint density at radius 1 is 1.16 bits per heavy atom. The molecule has 0 amide bonds. The van der Waals surface area contributed by atoms with Gasteiger partial charge in [-0.15, -0.1) is 0 Å². The monoisotopic (exact) mass is 334 g/mol. The van der Waals surface area contributed by atoms with Gasteiger partial charge in [-0.05, 0) is 29.8 Å². The van der Waals surface area contributed by atoms with Crippen molar-refractivity contribution in [3.63, 3.8) is 0 Å². The number of benzene rings is 2. The Bertz CT molecular complexity index is 852. The second-order valence-corrected chi connectivity index (χ2v) is 5.67. The molecule has 1 aromatic heterocycles. The van der Waals surface area contributed by atoms with Gasteiger partial charge in [0.1, 0.15) is 25.5 Å². The SMILES string of the molecule is C[n+]1ccn(CCOC(=O)c2ccc(C=Nc3ccccc3)cc2)c1. The Kier molecular flexibility index (Phi) is 5.36. The molecule has 5 nitrogen and oxygen atoms in total. The number of ether oxygens (including phenoxy) is 1. The highest BCUT2D eigenvalue weighted by molar-refractivity contribution is 5.91. The number of esters is 1. The number of aryl methyl sites for hydroxylation is 1. The van der Waals surface area contributed by atoms with Crippen molar-refractivity contribution in [2.24, 2.45) is 12.0 Å². The van der Waals surface area contributed by atoms with E-state index in [0.29, 0.717) is 18.7 Å². The first kappa shape index (κ1) is 16.6. The number of aliphatic imine (C=N–C) groups is 1. The number of carbonyl (C=O) groups excluding carboxylic acids is 1. The molecule has 0 unspecified atom stereocenters. The summed E-state index contributed by atoms with van der Waals surface area (Å²) in [4.78, 5) is 16.5. The van der Waals surface area contributed by atoms with Crippen molar-refractivity contribution in [3.05, 3.63) is 84.4 Å². The topological polar surface area (TPSA) is 47.5 Å². The van der Waals surface area contributed by atoms with Gasteiger partial charge in [0.05, 0.1) is 18.3 Å². The number of hydrogen-bond donors (Lipinski definition) is 0. The second-order valence-electron chi connectivity index (χ2n) is 5.67. The number of rotatable bonds is 6. The van der Waals surface area contributed by atoms with Crippen molar-refractivity contribution in [3.8, 4) is 0 Å². The zero-order chi connectivity index (χ0) is 17.5. The fourth-order valence-electron chi connectivity index (χ4n) is 2.33. The van der Waals surface area contributed by atoms with Crippen molar-refractivity contribution in [2.45, 2.75) is 6.54 Å². The molecule has 0 aliphatic heterocycles. The third-order valence-corrected chi connectivity index (χ3v) is 3.67. The average molecular weight is 334 g/mol. The predicted molar refractivity (Wildman–Crippen MR) is 96.0 cm³/mol. The first-order chi connectivity index (χ1) is 12.2. The number of aromatic nitrogens is 2. The first-order valence-corrected chi connectivity index (χ1v) is 8.08. The van der Waals surface area contributed by atoms with Gasteiger partial charge in [0.15, 0.2) is 0 Å². The Labute approximate surface area is 146 Å². The van der Waals surface area contributed by atoms with Crippen LogP contribution in [0.25, 0.3) is 0 Å². The van der Waals surface area contributed by atoms with E-state index in [1.165, 1.54) is 0 Å². The highest BCUT2D eigenvalue weighted by Gasteiger charge is 2.08. The van der Waals surface area contributed by atoms with Crippen LogP contribution in [0.3, 0.4) is 0 Å². The molecule has 2 aromatic carbocycles. The molecule has 3 rings (SSSR count). The molecule has 0 spiro atoms. The van der Waals surface area contributed by atoms with E-state index in [1.807, 2.05) is 77.4 Å². The maximum atomic E-state index is 12.1. The zero-order valence-corrected chi connectivity index (χ0v) is 14.1. The Morgan fingerprint density at radius 3 is 2.60 bits per heavy atom. The standard InChI is InChI=1S/C20H20N3O2/c1-22-11-12-23(16-22)13-14-25-20(24)18-9-7-17(8-10-18)15-21-19-5-3-2-4-6-19/h2-12,15-16H,13-14H2,1H3/q+1. The molecule has 126 valence electrons. The highest BCUT2D eigenvalue weighted by atomic mass is 16.5. The Balaban J connectivity index is 1.52. The van der Waals surface area contributed by atoms with E-state index in [2.05, 4.69) is 4.99 Å². The summed E-state index contributed by atoms with van der Waals surface area (Å²) in [6.45, 7) is 0.971. The largest absolute Gasteiger partial charge is 0.458 e. The summed E-state index contributed by atoms with van der Waals surface area (Å²) < 4.78 is 9.22. The van der Waals surface area contributed by atoms with Gasteiger partial charge < -0.3 is 4.74 Å². The third kappa shape index (κ3) is 4.88. The normalized spacial score (nSPS) is 10.9. The van der Waals surface area contributed by atoms with Gasteiger partial charge in [-0.25, -0.2) is 13.9 Å². The minimum Gasteiger partial charge on any atom is -0.458 e. The summed E-state index contributed by atoms with van der Waals surface area (Å²) in [5.74, 6) is -0.317. The quantitative estimate of drug-likeness (QED) is 0.395. The molecule has 0 aliphatic rings. The van der Waals surface area contributed by atoms with Crippen LogP contribution >= 0.6 is 0 Å². The third-order valence-electron chi connectivity index (χ3n) is 3.67. The number of para-hydroxylation sites is 1. The van der Waals surface area contributed by atoms with Crippen LogP contribution in [0.2, 0.25) is 0 Å². The highest BCUT2D eigenvalue weighted by Crippen LogP contribution is 2.10. The molecule has 0 atom stereocenters. The minimum absolute atomic E-state index is 0.317. The molecule has 5 heteroatoms. The van der Waals surface area contributed by atoms with Gasteiger partial charge >= 0.3 is 5.97 Å². The van der Waals surface area contributed by atoms with Crippen LogP contribution in [-0.4, -0.2) is 23.4 Å². The molecule has 3 aromatic rings. The van der Waals surface area contributed by atoms with Gasteiger partial charge in [-0.3, -0.25) is 4.99 Å². The fourth-order valence-corrected chi connectivity index (χ4v) is 2.33. The molecule has 0 bridgehead atoms. The second kappa shape index (κ2) is 8.06. The molecule has 0 saturated heterocycles. The molecule has 0 saturated carbocycles. The van der Waals surface area contributed by atoms with Crippen molar-refractivity contribution in [1.29, 1.82) is 0 Å². The van der Waals surface area contributed by atoms with Crippen LogP contribution < -0.4 is 4.57 Å². The van der Waals surface area contributed by atoms with Crippen LogP contribution in [0.1, 0.15) is 15.9 Å². The average Bonchev–Trinajstić information content (AvgIpc) is 3.06. The van der Waals surface area contributed by atoms with Crippen LogP contribution in [0.4, 0.5) is 5.69 Å². The van der Waals surface area contributed by atoms with Crippen molar-refractivity contribution < 1.29 is 14.1 Å². The van der Waals surface area contributed by atoms with E-state index < -0.39 is 0 Å².